The lowest BCUT2D eigenvalue weighted by molar-refractivity contribution is -0.156. The number of Topliss-reactive ketones (excluding diaryl/α,β-unsaturated/α-hetero) is 1. The summed E-state index contributed by atoms with van der Waals surface area (Å²) in [6.45, 7) is 10.2. The van der Waals surface area contributed by atoms with Gasteiger partial charge in [0.25, 0.3) is 0 Å². The molecule has 2 heterocycles. The van der Waals surface area contributed by atoms with Gasteiger partial charge < -0.3 is 25.2 Å². The van der Waals surface area contributed by atoms with Gasteiger partial charge >= 0.3 is 5.97 Å². The zero-order valence-corrected chi connectivity index (χ0v) is 22.4. The van der Waals surface area contributed by atoms with Crippen LogP contribution in [0.25, 0.3) is 6.08 Å². The summed E-state index contributed by atoms with van der Waals surface area (Å²) >= 11 is 1.49. The molecule has 0 spiro atoms. The summed E-state index contributed by atoms with van der Waals surface area (Å²) in [5.74, 6) is -2.01. The molecule has 1 aliphatic heterocycles. The Kier molecular flexibility index (Phi) is 10.6. The highest BCUT2D eigenvalue weighted by Crippen LogP contribution is 2.32. The lowest BCUT2D eigenvalue weighted by atomic mass is 9.73. The molecule has 1 aliphatic rings. The van der Waals surface area contributed by atoms with E-state index in [0.717, 1.165) is 5.01 Å². The van der Waals surface area contributed by atoms with E-state index >= 15 is 0 Å². The number of ether oxygens (including phenoxy) is 1. The van der Waals surface area contributed by atoms with E-state index in [1.54, 1.807) is 33.8 Å². The van der Waals surface area contributed by atoms with E-state index in [1.165, 1.54) is 11.3 Å². The summed E-state index contributed by atoms with van der Waals surface area (Å²) in [4.78, 5) is 30.4. The smallest absolute Gasteiger partial charge is 0.309 e. The highest BCUT2D eigenvalue weighted by Gasteiger charge is 2.42. The van der Waals surface area contributed by atoms with Gasteiger partial charge in [-0.25, -0.2) is 4.98 Å². The largest absolute Gasteiger partial charge is 0.458 e. The van der Waals surface area contributed by atoms with Crippen molar-refractivity contribution in [3.63, 3.8) is 0 Å². The normalized spacial score (nSPS) is 34.5. The van der Waals surface area contributed by atoms with Crippen LogP contribution in [0.3, 0.4) is 0 Å². The van der Waals surface area contributed by atoms with Crippen LogP contribution in [0.1, 0.15) is 77.4 Å². The zero-order chi connectivity index (χ0) is 26.5. The first-order valence-corrected chi connectivity index (χ1v) is 13.2. The van der Waals surface area contributed by atoms with Gasteiger partial charge in [0.1, 0.15) is 11.9 Å². The van der Waals surface area contributed by atoms with Crippen molar-refractivity contribution < 1.29 is 34.8 Å². The molecule has 0 aromatic carbocycles. The maximum Gasteiger partial charge on any atom is 0.309 e. The maximum atomic E-state index is 13.1. The number of carbonyl (C=O) groups is 2. The Hall–Kier alpha value is -1.65. The van der Waals surface area contributed by atoms with Crippen molar-refractivity contribution in [3.8, 4) is 0 Å². The second-order valence-corrected chi connectivity index (χ2v) is 11.6. The number of aliphatic hydroxyl groups excluding tert-OH is 4. The molecular formula is C26H41NO7S. The maximum absolute atomic E-state index is 13.1. The number of nitrogens with zero attached hydrogens (tertiary/aromatic N) is 1. The van der Waals surface area contributed by atoms with Crippen LogP contribution in [-0.4, -0.2) is 67.7 Å². The Bertz CT molecular complexity index is 896. The summed E-state index contributed by atoms with van der Waals surface area (Å²) in [5, 5.41) is 45.5. The summed E-state index contributed by atoms with van der Waals surface area (Å²) in [6.07, 6.45) is -2.52. The van der Waals surface area contributed by atoms with Gasteiger partial charge in [0, 0.05) is 17.7 Å². The van der Waals surface area contributed by atoms with E-state index < -0.39 is 54.2 Å². The van der Waals surface area contributed by atoms with Crippen LogP contribution < -0.4 is 0 Å². The third-order valence-corrected chi connectivity index (χ3v) is 7.98. The number of ketones is 1. The summed E-state index contributed by atoms with van der Waals surface area (Å²) in [6, 6.07) is 0. The molecule has 1 aromatic heterocycles. The lowest BCUT2D eigenvalue weighted by Gasteiger charge is -2.35. The number of carbonyl (C=O) groups excluding carboxylic acids is 2. The van der Waals surface area contributed by atoms with Crippen molar-refractivity contribution in [1.29, 1.82) is 0 Å². The fourth-order valence-electron chi connectivity index (χ4n) is 4.51. The Balaban J connectivity index is 2.33. The second-order valence-electron chi connectivity index (χ2n) is 10.5. The zero-order valence-electron chi connectivity index (χ0n) is 21.6. The molecule has 198 valence electrons. The van der Waals surface area contributed by atoms with Crippen molar-refractivity contribution >= 4 is 29.2 Å². The highest BCUT2D eigenvalue weighted by molar-refractivity contribution is 7.09. The third kappa shape index (κ3) is 7.92. The Morgan fingerprint density at radius 3 is 2.40 bits per heavy atom. The minimum atomic E-state index is -1.32. The quantitative estimate of drug-likeness (QED) is 0.445. The first kappa shape index (κ1) is 29.6. The Labute approximate surface area is 212 Å². The number of esters is 1. The topological polar surface area (TPSA) is 137 Å². The van der Waals surface area contributed by atoms with Gasteiger partial charge in [0.15, 0.2) is 0 Å². The number of aryl methyl sites for hydroxylation is 1. The van der Waals surface area contributed by atoms with E-state index in [2.05, 4.69) is 4.98 Å². The Morgan fingerprint density at radius 2 is 1.80 bits per heavy atom. The van der Waals surface area contributed by atoms with Crippen LogP contribution >= 0.6 is 11.3 Å². The van der Waals surface area contributed by atoms with Gasteiger partial charge in [-0.2, -0.15) is 0 Å². The molecule has 9 heteroatoms. The van der Waals surface area contributed by atoms with Crippen LogP contribution in [-0.2, 0) is 14.3 Å². The number of thiazole rings is 1. The van der Waals surface area contributed by atoms with Crippen molar-refractivity contribution in [3.05, 3.63) is 21.7 Å². The molecule has 0 aliphatic carbocycles. The average Bonchev–Trinajstić information content (AvgIpc) is 3.20. The molecule has 0 saturated carbocycles. The first-order valence-electron chi connectivity index (χ1n) is 12.3. The SMILES string of the molecule is C/C(=C\c1csc(C)n1)[C@H]1C[C@@H](O)[C@H](O)CCC[C@H](C)[C@H](O)[C@@H](C)C(=O)C(C)(C)[C@@H](O)CC(=O)O1. The molecule has 2 rings (SSSR count). The molecule has 0 radical (unpaired) electrons. The standard InChI is InChI=1S/C26H41NO7S/c1-14-8-7-9-19(28)20(29)11-21(15(2)10-18-13-35-17(4)27-18)34-23(31)12-22(30)26(5,6)25(33)16(3)24(14)32/h10,13-14,16,19-22,24,28-30,32H,7-9,11-12H2,1-6H3/b15-10+/t14-,16+,19+,20+,21+,22-,24-/m0/s1. The summed E-state index contributed by atoms with van der Waals surface area (Å²) in [7, 11) is 0. The fraction of sp³-hybridized carbons (Fsp3) is 0.731. The number of hydrogen-bond acceptors (Lipinski definition) is 9. The summed E-state index contributed by atoms with van der Waals surface area (Å²) < 4.78 is 5.65. The predicted molar refractivity (Wildman–Crippen MR) is 135 cm³/mol. The minimum Gasteiger partial charge on any atom is -0.458 e. The third-order valence-electron chi connectivity index (χ3n) is 7.19. The van der Waals surface area contributed by atoms with Gasteiger partial charge in [-0.05, 0) is 44.3 Å². The average molecular weight is 512 g/mol. The Morgan fingerprint density at radius 1 is 1.14 bits per heavy atom. The minimum absolute atomic E-state index is 0.0218. The molecule has 4 N–H and O–H groups in total. The van der Waals surface area contributed by atoms with Crippen LogP contribution in [0.2, 0.25) is 0 Å². The van der Waals surface area contributed by atoms with Gasteiger partial charge in [0.05, 0.1) is 47.0 Å². The van der Waals surface area contributed by atoms with Gasteiger partial charge in [0.2, 0.25) is 0 Å². The fourth-order valence-corrected chi connectivity index (χ4v) is 5.08. The molecule has 1 saturated heterocycles. The second kappa shape index (κ2) is 12.5. The van der Waals surface area contributed by atoms with Crippen molar-refractivity contribution in [1.82, 2.24) is 4.98 Å². The van der Waals surface area contributed by atoms with E-state index in [-0.39, 0.29) is 18.1 Å². The highest BCUT2D eigenvalue weighted by atomic mass is 32.1. The van der Waals surface area contributed by atoms with Crippen molar-refractivity contribution in [2.24, 2.45) is 17.3 Å². The number of aromatic nitrogens is 1. The molecule has 35 heavy (non-hydrogen) atoms. The number of hydrogen-bond donors (Lipinski definition) is 4. The molecule has 8 nitrogen and oxygen atoms in total. The number of aliphatic hydroxyl groups is 4. The van der Waals surface area contributed by atoms with Crippen molar-refractivity contribution in [2.75, 3.05) is 0 Å². The predicted octanol–water partition coefficient (Wildman–Crippen LogP) is 3.04. The van der Waals surface area contributed by atoms with Gasteiger partial charge in [-0.3, -0.25) is 9.59 Å². The molecule has 0 bridgehead atoms. The van der Waals surface area contributed by atoms with E-state index in [4.69, 9.17) is 4.74 Å². The van der Waals surface area contributed by atoms with Crippen molar-refractivity contribution in [2.45, 2.75) is 104 Å². The van der Waals surface area contributed by atoms with Gasteiger partial charge in [-0.1, -0.05) is 34.1 Å². The molecule has 0 amide bonds. The van der Waals surface area contributed by atoms with E-state index in [0.29, 0.717) is 30.5 Å². The van der Waals surface area contributed by atoms with Gasteiger partial charge in [-0.15, -0.1) is 11.3 Å². The lowest BCUT2D eigenvalue weighted by Crippen LogP contribution is -2.46. The molecular weight excluding hydrogens is 470 g/mol. The molecule has 0 unspecified atom stereocenters. The molecule has 7 atom stereocenters. The first-order chi connectivity index (χ1) is 16.2. The number of cyclic esters (lactones) is 1. The monoisotopic (exact) mass is 511 g/mol. The van der Waals surface area contributed by atoms with Crippen LogP contribution in [0, 0.1) is 24.2 Å². The van der Waals surface area contributed by atoms with E-state index in [9.17, 15) is 30.0 Å². The van der Waals surface area contributed by atoms with Crippen LogP contribution in [0.4, 0.5) is 0 Å². The summed E-state index contributed by atoms with van der Waals surface area (Å²) in [5.41, 5.74) is 0.0764. The van der Waals surface area contributed by atoms with Crippen LogP contribution in [0.15, 0.2) is 11.0 Å². The molecule has 1 fully saturated rings. The van der Waals surface area contributed by atoms with Crippen LogP contribution in [0.5, 0.6) is 0 Å². The molecule has 1 aromatic rings. The number of rotatable bonds is 2. The van der Waals surface area contributed by atoms with E-state index in [1.807, 2.05) is 19.2 Å².